The van der Waals surface area contributed by atoms with Gasteiger partial charge in [0.05, 0.1) is 18.6 Å². The first-order valence-corrected chi connectivity index (χ1v) is 9.99. The number of carbonyl (C=O) groups is 1. The fraction of sp³-hybridized carbons (Fsp3) is 0.389. The highest BCUT2D eigenvalue weighted by Gasteiger charge is 2.31. The van der Waals surface area contributed by atoms with E-state index in [1.165, 1.54) is 30.5 Å². The highest BCUT2D eigenvalue weighted by molar-refractivity contribution is 7.89. The summed E-state index contributed by atoms with van der Waals surface area (Å²) in [6.07, 6.45) is 1.06. The Morgan fingerprint density at radius 3 is 2.59 bits per heavy atom. The number of methoxy groups -OCH3 is 1. The van der Waals surface area contributed by atoms with E-state index in [9.17, 15) is 13.2 Å². The molecule has 1 aromatic heterocycles. The van der Waals surface area contributed by atoms with Gasteiger partial charge >= 0.3 is 0 Å². The van der Waals surface area contributed by atoms with E-state index in [-0.39, 0.29) is 23.3 Å². The van der Waals surface area contributed by atoms with Crippen molar-refractivity contribution in [3.63, 3.8) is 0 Å². The Morgan fingerprint density at radius 1 is 1.19 bits per heavy atom. The van der Waals surface area contributed by atoms with Crippen LogP contribution in [0, 0.1) is 0 Å². The van der Waals surface area contributed by atoms with Crippen LogP contribution in [-0.4, -0.2) is 55.0 Å². The van der Waals surface area contributed by atoms with E-state index in [1.54, 1.807) is 24.3 Å². The van der Waals surface area contributed by atoms with E-state index >= 15 is 0 Å². The lowest BCUT2D eigenvalue weighted by Gasteiger charge is -2.31. The second kappa shape index (κ2) is 8.01. The summed E-state index contributed by atoms with van der Waals surface area (Å²) in [5.74, 6) is 0.518. The summed E-state index contributed by atoms with van der Waals surface area (Å²) in [7, 11) is -2.21. The van der Waals surface area contributed by atoms with Crippen LogP contribution in [0.25, 0.3) is 0 Å². The Morgan fingerprint density at radius 2 is 1.93 bits per heavy atom. The molecule has 1 atom stereocenters. The van der Waals surface area contributed by atoms with Crippen molar-refractivity contribution in [3.05, 3.63) is 42.0 Å². The van der Waals surface area contributed by atoms with Crippen molar-refractivity contribution in [1.29, 1.82) is 0 Å². The van der Waals surface area contributed by atoms with Gasteiger partial charge in [-0.1, -0.05) is 12.1 Å². The smallest absolute Gasteiger partial charge is 0.243 e. The van der Waals surface area contributed by atoms with Crippen LogP contribution in [0.4, 0.5) is 0 Å². The quantitative estimate of drug-likeness (QED) is 0.694. The maximum absolute atomic E-state index is 13.0. The molecule has 0 amide bonds. The van der Waals surface area contributed by atoms with E-state index in [2.05, 4.69) is 10.2 Å². The maximum atomic E-state index is 13.0. The molecule has 144 valence electrons. The molecule has 8 nitrogen and oxygen atoms in total. The molecule has 3 rings (SSSR count). The highest BCUT2D eigenvalue weighted by Crippen LogP contribution is 2.24. The van der Waals surface area contributed by atoms with E-state index in [1.807, 2.05) is 0 Å². The lowest BCUT2D eigenvalue weighted by molar-refractivity contribution is 0.101. The van der Waals surface area contributed by atoms with Gasteiger partial charge in [0.15, 0.2) is 5.78 Å². The number of aromatic nitrogens is 2. The fourth-order valence-electron chi connectivity index (χ4n) is 2.89. The van der Waals surface area contributed by atoms with Crippen molar-refractivity contribution in [2.75, 3.05) is 20.2 Å². The summed E-state index contributed by atoms with van der Waals surface area (Å²) in [5, 5.41) is 7.76. The zero-order chi connectivity index (χ0) is 19.4. The number of ether oxygens (including phenoxy) is 2. The zero-order valence-corrected chi connectivity index (χ0v) is 16.0. The molecule has 1 aromatic carbocycles. The Labute approximate surface area is 158 Å². The highest BCUT2D eigenvalue weighted by atomic mass is 32.2. The predicted octanol–water partition coefficient (Wildman–Crippen LogP) is 1.92. The molecular formula is C18H21N3O5S. The molecule has 2 aromatic rings. The third-order valence-corrected chi connectivity index (χ3v) is 6.19. The third kappa shape index (κ3) is 4.42. The first-order chi connectivity index (χ1) is 12.9. The van der Waals surface area contributed by atoms with E-state index in [0.717, 1.165) is 0 Å². The largest absolute Gasteiger partial charge is 0.480 e. The average molecular weight is 391 g/mol. The molecule has 1 unspecified atom stereocenters. The monoisotopic (exact) mass is 391 g/mol. The molecule has 27 heavy (non-hydrogen) atoms. The lowest BCUT2D eigenvalue weighted by Crippen LogP contribution is -2.44. The molecule has 0 saturated carbocycles. The minimum Gasteiger partial charge on any atom is -0.480 e. The summed E-state index contributed by atoms with van der Waals surface area (Å²) in [4.78, 5) is 11.7. The standard InChI is InChI=1S/C18H21N3O5S/c1-13(22)14-5-3-7-16(11-14)27(23,24)21-10-4-6-15(12-21)26-18-9-8-17(25-2)19-20-18/h3,5,7-9,11,15H,4,6,10,12H2,1-2H3. The van der Waals surface area contributed by atoms with E-state index < -0.39 is 10.0 Å². The van der Waals surface area contributed by atoms with Crippen molar-refractivity contribution in [3.8, 4) is 11.8 Å². The number of piperidine rings is 1. The summed E-state index contributed by atoms with van der Waals surface area (Å²) < 4.78 is 38.0. The Hall–Kier alpha value is -2.52. The molecule has 0 aliphatic carbocycles. The van der Waals surface area contributed by atoms with Gasteiger partial charge in [0.25, 0.3) is 0 Å². The van der Waals surface area contributed by atoms with Crippen molar-refractivity contribution in [1.82, 2.24) is 14.5 Å². The zero-order valence-electron chi connectivity index (χ0n) is 15.2. The van der Waals surface area contributed by atoms with Crippen LogP contribution in [0.15, 0.2) is 41.3 Å². The SMILES string of the molecule is COc1ccc(OC2CCCN(S(=O)(=O)c3cccc(C(C)=O)c3)C2)nn1. The number of hydrogen-bond donors (Lipinski definition) is 0. The van der Waals surface area contributed by atoms with Gasteiger partial charge in [-0.2, -0.15) is 4.31 Å². The van der Waals surface area contributed by atoms with Crippen LogP contribution in [0.3, 0.4) is 0 Å². The molecule has 9 heteroatoms. The van der Waals surface area contributed by atoms with Crippen molar-refractivity contribution in [2.45, 2.75) is 30.8 Å². The number of ketones is 1. The molecule has 2 heterocycles. The summed E-state index contributed by atoms with van der Waals surface area (Å²) in [5.41, 5.74) is 0.370. The van der Waals surface area contributed by atoms with Gasteiger partial charge in [-0.3, -0.25) is 4.79 Å². The second-order valence-electron chi connectivity index (χ2n) is 6.24. The van der Waals surface area contributed by atoms with Crippen LogP contribution in [0.2, 0.25) is 0 Å². The average Bonchev–Trinajstić information content (AvgIpc) is 2.69. The Kier molecular flexibility index (Phi) is 5.71. The molecular weight excluding hydrogens is 370 g/mol. The molecule has 0 bridgehead atoms. The Balaban J connectivity index is 1.74. The molecule has 1 aliphatic heterocycles. The van der Waals surface area contributed by atoms with Crippen LogP contribution >= 0.6 is 0 Å². The van der Waals surface area contributed by atoms with Gasteiger partial charge < -0.3 is 9.47 Å². The van der Waals surface area contributed by atoms with Gasteiger partial charge in [0, 0.05) is 24.2 Å². The predicted molar refractivity (Wildman–Crippen MR) is 97.4 cm³/mol. The normalized spacial score (nSPS) is 18.1. The van der Waals surface area contributed by atoms with Gasteiger partial charge in [0.1, 0.15) is 6.10 Å². The van der Waals surface area contributed by atoms with Crippen LogP contribution < -0.4 is 9.47 Å². The summed E-state index contributed by atoms with van der Waals surface area (Å²) in [6, 6.07) is 9.36. The maximum Gasteiger partial charge on any atom is 0.243 e. The molecule has 1 aliphatic rings. The number of nitrogens with zero attached hydrogens (tertiary/aromatic N) is 3. The number of rotatable bonds is 6. The topological polar surface area (TPSA) is 98.7 Å². The number of sulfonamides is 1. The first-order valence-electron chi connectivity index (χ1n) is 8.55. The van der Waals surface area contributed by atoms with Crippen molar-refractivity contribution >= 4 is 15.8 Å². The van der Waals surface area contributed by atoms with Gasteiger partial charge in [-0.15, -0.1) is 10.2 Å². The van der Waals surface area contributed by atoms with E-state index in [4.69, 9.17) is 9.47 Å². The third-order valence-electron chi connectivity index (χ3n) is 4.33. The minimum atomic E-state index is -3.71. The van der Waals surface area contributed by atoms with Gasteiger partial charge in [-0.05, 0) is 31.9 Å². The molecule has 1 saturated heterocycles. The van der Waals surface area contributed by atoms with Crippen LogP contribution in [0.5, 0.6) is 11.8 Å². The molecule has 0 spiro atoms. The summed E-state index contributed by atoms with van der Waals surface area (Å²) in [6.45, 7) is 2.02. The molecule has 1 fully saturated rings. The van der Waals surface area contributed by atoms with Gasteiger partial charge in [-0.25, -0.2) is 8.42 Å². The second-order valence-corrected chi connectivity index (χ2v) is 8.18. The summed E-state index contributed by atoms with van der Waals surface area (Å²) >= 11 is 0. The minimum absolute atomic E-state index is 0.111. The molecule has 0 radical (unpaired) electrons. The number of Topliss-reactive ketones (excluding diaryl/α,β-unsaturated/α-hetero) is 1. The number of benzene rings is 1. The van der Waals surface area contributed by atoms with E-state index in [0.29, 0.717) is 36.7 Å². The van der Waals surface area contributed by atoms with Crippen molar-refractivity contribution in [2.24, 2.45) is 0 Å². The lowest BCUT2D eigenvalue weighted by atomic mass is 10.1. The first kappa shape index (κ1) is 19.2. The number of carbonyl (C=O) groups excluding carboxylic acids is 1. The van der Waals surface area contributed by atoms with Crippen LogP contribution in [0.1, 0.15) is 30.1 Å². The Bertz CT molecular complexity index is 915. The van der Waals surface area contributed by atoms with Gasteiger partial charge in [0.2, 0.25) is 21.8 Å². The number of hydrogen-bond acceptors (Lipinski definition) is 7. The molecule has 0 N–H and O–H groups in total. The van der Waals surface area contributed by atoms with Crippen LogP contribution in [-0.2, 0) is 10.0 Å². The fourth-order valence-corrected chi connectivity index (χ4v) is 4.45. The van der Waals surface area contributed by atoms with Crippen molar-refractivity contribution < 1.29 is 22.7 Å².